The van der Waals surface area contributed by atoms with Gasteiger partial charge in [0, 0.05) is 36.9 Å². The summed E-state index contributed by atoms with van der Waals surface area (Å²) in [6, 6.07) is 7.42. The third kappa shape index (κ3) is 3.86. The molecule has 0 spiro atoms. The minimum atomic E-state index is 0.570. The maximum Gasteiger partial charge on any atom is 0.135 e. The molecule has 0 unspecified atom stereocenters. The number of nitrogens with zero attached hydrogens (tertiary/aromatic N) is 1. The molecule has 1 heterocycles. The number of benzene rings is 1. The molecule has 1 aromatic carbocycles. The quantitative estimate of drug-likeness (QED) is 0.912. The van der Waals surface area contributed by atoms with E-state index < -0.39 is 0 Å². The summed E-state index contributed by atoms with van der Waals surface area (Å²) in [5.41, 5.74) is 1.14. The van der Waals surface area contributed by atoms with Crippen molar-refractivity contribution in [1.82, 2.24) is 4.90 Å². The van der Waals surface area contributed by atoms with Crippen molar-refractivity contribution in [2.45, 2.75) is 38.8 Å². The molecular weight excluding hydrogens is 304 g/mol. The normalized spacial score (nSPS) is 17.7. The fraction of sp³-hybridized carbons (Fsp3) is 0.600. The summed E-state index contributed by atoms with van der Waals surface area (Å²) in [5, 5.41) is 3.61. The van der Waals surface area contributed by atoms with Crippen LogP contribution >= 0.6 is 15.9 Å². The Morgan fingerprint density at radius 1 is 1.32 bits per heavy atom. The van der Waals surface area contributed by atoms with Crippen LogP contribution in [0.1, 0.15) is 26.7 Å². The molecule has 106 valence electrons. The third-order valence-electron chi connectivity index (χ3n) is 3.78. The van der Waals surface area contributed by atoms with Crippen LogP contribution in [0.25, 0.3) is 0 Å². The first-order valence-corrected chi connectivity index (χ1v) is 7.73. The lowest BCUT2D eigenvalue weighted by atomic mass is 10.0. The van der Waals surface area contributed by atoms with E-state index in [2.05, 4.69) is 52.1 Å². The number of ether oxygens (including phenoxy) is 1. The molecule has 1 fully saturated rings. The molecule has 3 nitrogen and oxygen atoms in total. The van der Waals surface area contributed by atoms with Crippen molar-refractivity contribution in [3.8, 4) is 5.75 Å². The average Bonchev–Trinajstić information content (AvgIpc) is 2.41. The van der Waals surface area contributed by atoms with Crippen LogP contribution in [-0.2, 0) is 0 Å². The molecule has 0 amide bonds. The van der Waals surface area contributed by atoms with Crippen molar-refractivity contribution in [2.24, 2.45) is 0 Å². The summed E-state index contributed by atoms with van der Waals surface area (Å²) < 4.78 is 6.32. The van der Waals surface area contributed by atoms with Crippen molar-refractivity contribution >= 4 is 21.6 Å². The number of piperidine rings is 1. The molecule has 0 aromatic heterocycles. The molecule has 1 saturated heterocycles. The van der Waals surface area contributed by atoms with Gasteiger partial charge in [0.1, 0.15) is 5.75 Å². The van der Waals surface area contributed by atoms with Crippen LogP contribution in [0, 0.1) is 0 Å². The molecule has 19 heavy (non-hydrogen) atoms. The molecule has 0 radical (unpaired) electrons. The molecule has 0 aliphatic carbocycles. The van der Waals surface area contributed by atoms with Gasteiger partial charge in [-0.1, -0.05) is 0 Å². The van der Waals surface area contributed by atoms with Crippen molar-refractivity contribution in [1.29, 1.82) is 0 Å². The molecule has 0 bridgehead atoms. The molecule has 1 aliphatic heterocycles. The Morgan fingerprint density at radius 3 is 2.58 bits per heavy atom. The van der Waals surface area contributed by atoms with E-state index in [9.17, 15) is 0 Å². The maximum absolute atomic E-state index is 5.33. The maximum atomic E-state index is 5.33. The smallest absolute Gasteiger partial charge is 0.135 e. The number of rotatable bonds is 4. The van der Waals surface area contributed by atoms with Gasteiger partial charge in [-0.2, -0.15) is 0 Å². The number of halogens is 1. The summed E-state index contributed by atoms with van der Waals surface area (Å²) in [6.45, 7) is 6.91. The second-order valence-corrected chi connectivity index (χ2v) is 6.25. The van der Waals surface area contributed by atoms with Crippen molar-refractivity contribution in [3.63, 3.8) is 0 Å². The van der Waals surface area contributed by atoms with E-state index in [1.807, 2.05) is 6.07 Å². The molecule has 2 rings (SSSR count). The van der Waals surface area contributed by atoms with E-state index in [4.69, 9.17) is 4.74 Å². The molecule has 1 aromatic rings. The van der Waals surface area contributed by atoms with Crippen LogP contribution in [0.4, 0.5) is 5.69 Å². The number of hydrogen-bond donors (Lipinski definition) is 1. The largest absolute Gasteiger partial charge is 0.495 e. The number of hydrogen-bond acceptors (Lipinski definition) is 3. The van der Waals surface area contributed by atoms with E-state index in [0.717, 1.165) is 15.9 Å². The first-order valence-electron chi connectivity index (χ1n) is 6.94. The summed E-state index contributed by atoms with van der Waals surface area (Å²) >= 11 is 3.48. The Morgan fingerprint density at radius 2 is 2.00 bits per heavy atom. The zero-order chi connectivity index (χ0) is 13.8. The molecular formula is C15H23BrN2O. The lowest BCUT2D eigenvalue weighted by Crippen LogP contribution is -2.42. The minimum Gasteiger partial charge on any atom is -0.495 e. The van der Waals surface area contributed by atoms with Gasteiger partial charge in [-0.3, -0.25) is 0 Å². The number of likely N-dealkylation sites (tertiary alicyclic amines) is 1. The SMILES string of the molecule is COc1cc(NC2CCN(C(C)C)CC2)ccc1Br. The third-order valence-corrected chi connectivity index (χ3v) is 4.44. The van der Waals surface area contributed by atoms with Gasteiger partial charge in [0.2, 0.25) is 0 Å². The number of anilines is 1. The highest BCUT2D eigenvalue weighted by molar-refractivity contribution is 9.10. The standard InChI is InChI=1S/C15H23BrN2O/c1-11(2)18-8-6-12(7-9-18)17-13-4-5-14(16)15(10-13)19-3/h4-5,10-12,17H,6-9H2,1-3H3. The zero-order valence-electron chi connectivity index (χ0n) is 11.9. The summed E-state index contributed by atoms with van der Waals surface area (Å²) in [7, 11) is 1.70. The van der Waals surface area contributed by atoms with Gasteiger partial charge >= 0.3 is 0 Å². The Hall–Kier alpha value is -0.740. The molecule has 4 heteroatoms. The van der Waals surface area contributed by atoms with Gasteiger partial charge in [-0.15, -0.1) is 0 Å². The molecule has 1 N–H and O–H groups in total. The van der Waals surface area contributed by atoms with Crippen LogP contribution in [0.3, 0.4) is 0 Å². The van der Waals surface area contributed by atoms with Gasteiger partial charge in [-0.25, -0.2) is 0 Å². The van der Waals surface area contributed by atoms with Gasteiger partial charge in [0.05, 0.1) is 11.6 Å². The lowest BCUT2D eigenvalue weighted by Gasteiger charge is -2.35. The Bertz CT molecular complexity index is 415. The average molecular weight is 327 g/mol. The van der Waals surface area contributed by atoms with Crippen LogP contribution in [0.5, 0.6) is 5.75 Å². The van der Waals surface area contributed by atoms with E-state index in [1.165, 1.54) is 25.9 Å². The predicted octanol–water partition coefficient (Wildman–Crippen LogP) is 3.74. The minimum absolute atomic E-state index is 0.570. The monoisotopic (exact) mass is 326 g/mol. The Balaban J connectivity index is 1.92. The highest BCUT2D eigenvalue weighted by Crippen LogP contribution is 2.29. The summed E-state index contributed by atoms with van der Waals surface area (Å²) in [6.07, 6.45) is 2.41. The highest BCUT2D eigenvalue weighted by atomic mass is 79.9. The van der Waals surface area contributed by atoms with Gasteiger partial charge in [-0.05, 0) is 54.8 Å². The second-order valence-electron chi connectivity index (χ2n) is 5.40. The van der Waals surface area contributed by atoms with E-state index in [-0.39, 0.29) is 0 Å². The van der Waals surface area contributed by atoms with Crippen LogP contribution < -0.4 is 10.1 Å². The zero-order valence-corrected chi connectivity index (χ0v) is 13.5. The topological polar surface area (TPSA) is 24.5 Å². The highest BCUT2D eigenvalue weighted by Gasteiger charge is 2.20. The fourth-order valence-corrected chi connectivity index (χ4v) is 2.95. The predicted molar refractivity (Wildman–Crippen MR) is 84.0 cm³/mol. The van der Waals surface area contributed by atoms with E-state index in [1.54, 1.807) is 7.11 Å². The summed E-state index contributed by atoms with van der Waals surface area (Å²) in [4.78, 5) is 2.54. The molecule has 0 saturated carbocycles. The fourth-order valence-electron chi connectivity index (χ4n) is 2.55. The van der Waals surface area contributed by atoms with Gasteiger partial charge in [0.15, 0.2) is 0 Å². The number of nitrogens with one attached hydrogen (secondary N) is 1. The number of methoxy groups -OCH3 is 1. The second kappa shape index (κ2) is 6.62. The van der Waals surface area contributed by atoms with Crippen molar-refractivity contribution < 1.29 is 4.74 Å². The summed E-state index contributed by atoms with van der Waals surface area (Å²) in [5.74, 6) is 0.879. The Labute approximate surface area is 124 Å². The van der Waals surface area contributed by atoms with Crippen LogP contribution in [0.2, 0.25) is 0 Å². The molecule has 0 atom stereocenters. The first kappa shape index (κ1) is 14.7. The molecule has 1 aliphatic rings. The van der Waals surface area contributed by atoms with Crippen LogP contribution in [0.15, 0.2) is 22.7 Å². The van der Waals surface area contributed by atoms with E-state index in [0.29, 0.717) is 12.1 Å². The van der Waals surface area contributed by atoms with Gasteiger partial charge < -0.3 is 15.0 Å². The van der Waals surface area contributed by atoms with Crippen molar-refractivity contribution in [3.05, 3.63) is 22.7 Å². The van der Waals surface area contributed by atoms with E-state index >= 15 is 0 Å². The van der Waals surface area contributed by atoms with Crippen LogP contribution in [-0.4, -0.2) is 37.2 Å². The first-order chi connectivity index (χ1) is 9.10. The van der Waals surface area contributed by atoms with Gasteiger partial charge in [0.25, 0.3) is 0 Å². The van der Waals surface area contributed by atoms with Crippen molar-refractivity contribution in [2.75, 3.05) is 25.5 Å². The lowest BCUT2D eigenvalue weighted by molar-refractivity contribution is 0.177. The Kier molecular flexibility index (Phi) is 5.11.